The van der Waals surface area contributed by atoms with E-state index in [0.29, 0.717) is 23.7 Å². The lowest BCUT2D eigenvalue weighted by atomic mass is 10.1. The third kappa shape index (κ3) is 4.31. The van der Waals surface area contributed by atoms with Crippen LogP contribution in [0.5, 0.6) is 0 Å². The molecule has 1 amide bonds. The molecule has 5 heteroatoms. The number of pyridine rings is 1. The Morgan fingerprint density at radius 1 is 1.41 bits per heavy atom. The molecule has 0 atom stereocenters. The number of halogens is 1. The van der Waals surface area contributed by atoms with Crippen LogP contribution in [0.2, 0.25) is 5.02 Å². The van der Waals surface area contributed by atoms with Crippen molar-refractivity contribution in [1.29, 1.82) is 5.26 Å². The van der Waals surface area contributed by atoms with Crippen LogP contribution >= 0.6 is 11.6 Å². The minimum absolute atomic E-state index is 0.135. The van der Waals surface area contributed by atoms with Crippen LogP contribution in [-0.4, -0.2) is 22.3 Å². The maximum atomic E-state index is 12.7. The highest BCUT2D eigenvalue weighted by Crippen LogP contribution is 2.17. The fourth-order valence-electron chi connectivity index (χ4n) is 2.19. The minimum Gasteiger partial charge on any atom is -0.333 e. The van der Waals surface area contributed by atoms with Gasteiger partial charge in [-0.1, -0.05) is 17.7 Å². The Hall–Kier alpha value is -2.38. The summed E-state index contributed by atoms with van der Waals surface area (Å²) in [6.07, 6.45) is 3.69. The number of hydrogen-bond donors (Lipinski definition) is 0. The van der Waals surface area contributed by atoms with Gasteiger partial charge < -0.3 is 4.90 Å². The molecule has 0 aliphatic carbocycles. The molecule has 2 aromatic rings. The van der Waals surface area contributed by atoms with Crippen molar-refractivity contribution in [1.82, 2.24) is 9.88 Å². The second-order valence-electron chi connectivity index (χ2n) is 5.01. The average molecular weight is 314 g/mol. The quantitative estimate of drug-likeness (QED) is 0.847. The minimum atomic E-state index is -0.135. The molecule has 22 heavy (non-hydrogen) atoms. The maximum Gasteiger partial charge on any atom is 0.254 e. The van der Waals surface area contributed by atoms with E-state index in [9.17, 15) is 4.79 Å². The zero-order valence-electron chi connectivity index (χ0n) is 12.3. The number of carbonyl (C=O) groups excluding carboxylic acids is 1. The van der Waals surface area contributed by atoms with Gasteiger partial charge in [0.15, 0.2) is 0 Å². The fraction of sp³-hybridized carbons (Fsp3) is 0.235. The van der Waals surface area contributed by atoms with Gasteiger partial charge in [-0.05, 0) is 42.3 Å². The molecule has 0 fully saturated rings. The molecule has 0 spiro atoms. The van der Waals surface area contributed by atoms with Crippen molar-refractivity contribution in [2.75, 3.05) is 6.54 Å². The van der Waals surface area contributed by atoms with Crippen molar-refractivity contribution >= 4 is 17.5 Å². The largest absolute Gasteiger partial charge is 0.333 e. The molecular weight excluding hydrogens is 298 g/mol. The van der Waals surface area contributed by atoms with Crippen LogP contribution in [0.3, 0.4) is 0 Å². The van der Waals surface area contributed by atoms with E-state index in [4.69, 9.17) is 16.9 Å². The highest BCUT2D eigenvalue weighted by atomic mass is 35.5. The second-order valence-corrected chi connectivity index (χ2v) is 5.45. The van der Waals surface area contributed by atoms with E-state index in [1.165, 1.54) is 0 Å². The molecule has 0 aliphatic rings. The number of amides is 1. The van der Waals surface area contributed by atoms with Gasteiger partial charge >= 0.3 is 0 Å². The molecule has 0 radical (unpaired) electrons. The SMILES string of the molecule is Cc1cc(Cl)cc(C(=O)N(CCC#N)Cc2cccnc2)c1. The Kier molecular flexibility index (Phi) is 5.51. The molecule has 1 aromatic carbocycles. The molecular formula is C17H16ClN3O. The standard InChI is InChI=1S/C17H16ClN3O/c1-13-8-15(10-16(18)9-13)17(22)21(7-3-5-19)12-14-4-2-6-20-11-14/h2,4,6,8-11H,3,7,12H2,1H3. The zero-order chi connectivity index (χ0) is 15.9. The lowest BCUT2D eigenvalue weighted by molar-refractivity contribution is 0.0746. The van der Waals surface area contributed by atoms with Gasteiger partial charge in [0.25, 0.3) is 5.91 Å². The molecule has 0 saturated heterocycles. The third-order valence-corrected chi connectivity index (χ3v) is 3.38. The van der Waals surface area contributed by atoms with Gasteiger partial charge in [-0.25, -0.2) is 0 Å². The van der Waals surface area contributed by atoms with Crippen LogP contribution in [0, 0.1) is 18.3 Å². The normalized spacial score (nSPS) is 10.0. The first kappa shape index (κ1) is 16.0. The van der Waals surface area contributed by atoms with Crippen molar-refractivity contribution in [2.24, 2.45) is 0 Å². The maximum absolute atomic E-state index is 12.7. The monoisotopic (exact) mass is 313 g/mol. The van der Waals surface area contributed by atoms with E-state index in [-0.39, 0.29) is 12.3 Å². The molecule has 4 nitrogen and oxygen atoms in total. The van der Waals surface area contributed by atoms with Gasteiger partial charge in [0.2, 0.25) is 0 Å². The molecule has 0 N–H and O–H groups in total. The van der Waals surface area contributed by atoms with Gasteiger partial charge in [-0.3, -0.25) is 9.78 Å². The van der Waals surface area contributed by atoms with E-state index in [0.717, 1.165) is 11.1 Å². The molecule has 0 saturated carbocycles. The van der Waals surface area contributed by atoms with Crippen LogP contribution in [0.15, 0.2) is 42.7 Å². The summed E-state index contributed by atoms with van der Waals surface area (Å²) in [5.74, 6) is -0.135. The molecule has 112 valence electrons. The zero-order valence-corrected chi connectivity index (χ0v) is 13.0. The average Bonchev–Trinajstić information content (AvgIpc) is 2.50. The summed E-state index contributed by atoms with van der Waals surface area (Å²) in [5, 5.41) is 9.33. The van der Waals surface area contributed by atoms with E-state index in [1.54, 1.807) is 35.5 Å². The molecule has 0 unspecified atom stereocenters. The van der Waals surface area contributed by atoms with Crippen LogP contribution < -0.4 is 0 Å². The summed E-state index contributed by atoms with van der Waals surface area (Å²) in [5.41, 5.74) is 2.39. The van der Waals surface area contributed by atoms with Crippen molar-refractivity contribution in [2.45, 2.75) is 19.9 Å². The predicted molar refractivity (Wildman–Crippen MR) is 85.4 cm³/mol. The summed E-state index contributed by atoms with van der Waals surface area (Å²) < 4.78 is 0. The number of aryl methyl sites for hydroxylation is 1. The number of nitrogens with zero attached hydrogens (tertiary/aromatic N) is 3. The number of rotatable bonds is 5. The Morgan fingerprint density at radius 3 is 2.86 bits per heavy atom. The first-order valence-electron chi connectivity index (χ1n) is 6.92. The van der Waals surface area contributed by atoms with Gasteiger partial charge in [0, 0.05) is 36.1 Å². The van der Waals surface area contributed by atoms with E-state index < -0.39 is 0 Å². The predicted octanol–water partition coefficient (Wildman–Crippen LogP) is 3.60. The van der Waals surface area contributed by atoms with Gasteiger partial charge in [0.05, 0.1) is 12.5 Å². The van der Waals surface area contributed by atoms with Gasteiger partial charge in [0.1, 0.15) is 0 Å². The molecule has 1 heterocycles. The summed E-state index contributed by atoms with van der Waals surface area (Å²) in [6, 6.07) is 11.1. The molecule has 0 bridgehead atoms. The number of benzene rings is 1. The Labute approximate surface area is 135 Å². The molecule has 0 aliphatic heterocycles. The number of nitriles is 1. The summed E-state index contributed by atoms with van der Waals surface area (Å²) >= 11 is 6.03. The van der Waals surface area contributed by atoms with E-state index >= 15 is 0 Å². The fourth-order valence-corrected chi connectivity index (χ4v) is 2.48. The van der Waals surface area contributed by atoms with Crippen molar-refractivity contribution in [3.63, 3.8) is 0 Å². The second kappa shape index (κ2) is 7.58. The highest BCUT2D eigenvalue weighted by molar-refractivity contribution is 6.31. The van der Waals surface area contributed by atoms with Crippen molar-refractivity contribution in [3.05, 3.63) is 64.4 Å². The lowest BCUT2D eigenvalue weighted by Crippen LogP contribution is -2.31. The topological polar surface area (TPSA) is 57.0 Å². The van der Waals surface area contributed by atoms with Crippen LogP contribution in [0.4, 0.5) is 0 Å². The highest BCUT2D eigenvalue weighted by Gasteiger charge is 2.17. The molecule has 2 rings (SSSR count). The first-order valence-corrected chi connectivity index (χ1v) is 7.30. The smallest absolute Gasteiger partial charge is 0.254 e. The van der Waals surface area contributed by atoms with Crippen molar-refractivity contribution < 1.29 is 4.79 Å². The summed E-state index contributed by atoms with van der Waals surface area (Å²) in [6.45, 7) is 2.68. The third-order valence-electron chi connectivity index (χ3n) is 3.17. The molecule has 1 aromatic heterocycles. The summed E-state index contributed by atoms with van der Waals surface area (Å²) in [4.78, 5) is 18.4. The van der Waals surface area contributed by atoms with E-state index in [1.807, 2.05) is 19.1 Å². The number of hydrogen-bond acceptors (Lipinski definition) is 3. The van der Waals surface area contributed by atoms with Crippen LogP contribution in [0.25, 0.3) is 0 Å². The van der Waals surface area contributed by atoms with Gasteiger partial charge in [-0.15, -0.1) is 0 Å². The van der Waals surface area contributed by atoms with E-state index in [2.05, 4.69) is 11.1 Å². The van der Waals surface area contributed by atoms with Gasteiger partial charge in [-0.2, -0.15) is 5.26 Å². The van der Waals surface area contributed by atoms with Crippen LogP contribution in [-0.2, 0) is 6.54 Å². The number of carbonyl (C=O) groups is 1. The Balaban J connectivity index is 2.24. The van der Waals surface area contributed by atoms with Crippen molar-refractivity contribution in [3.8, 4) is 6.07 Å². The Morgan fingerprint density at radius 2 is 2.23 bits per heavy atom. The number of aromatic nitrogens is 1. The summed E-state index contributed by atoms with van der Waals surface area (Å²) in [7, 11) is 0. The van der Waals surface area contributed by atoms with Crippen LogP contribution in [0.1, 0.15) is 27.9 Å². The first-order chi connectivity index (χ1) is 10.6. The Bertz CT molecular complexity index is 675. The lowest BCUT2D eigenvalue weighted by Gasteiger charge is -2.22.